The van der Waals surface area contributed by atoms with Gasteiger partial charge < -0.3 is 20.3 Å². The molecule has 0 amide bonds. The summed E-state index contributed by atoms with van der Waals surface area (Å²) < 4.78 is 19.4. The summed E-state index contributed by atoms with van der Waals surface area (Å²) in [5.41, 5.74) is 7.32. The van der Waals surface area contributed by atoms with Crippen molar-refractivity contribution in [3.05, 3.63) is 17.9 Å². The lowest BCUT2D eigenvalue weighted by molar-refractivity contribution is 0.231. The number of hydrogen-bond acceptors (Lipinski definition) is 4. The molecule has 1 aliphatic heterocycles. The highest BCUT2D eigenvalue weighted by Crippen LogP contribution is 2.33. The van der Waals surface area contributed by atoms with Crippen LogP contribution in [0.1, 0.15) is 26.7 Å². The largest absolute Gasteiger partial charge is 0.488 e. The predicted octanol–water partition coefficient (Wildman–Crippen LogP) is 2.73. The number of likely N-dealkylation sites (tertiary alicyclic amines) is 1. The first-order valence-electron chi connectivity index (χ1n) is 7.55. The number of hydrogen-bond donors (Lipinski definition) is 1. The van der Waals surface area contributed by atoms with Crippen molar-refractivity contribution in [2.75, 3.05) is 37.8 Å². The maximum atomic E-state index is 13.9. The third-order valence-electron chi connectivity index (χ3n) is 4.06. The summed E-state index contributed by atoms with van der Waals surface area (Å²) in [5.74, 6) is -0.129. The van der Waals surface area contributed by atoms with Gasteiger partial charge >= 0.3 is 0 Å². The van der Waals surface area contributed by atoms with Crippen LogP contribution >= 0.6 is 0 Å². The second-order valence-corrected chi connectivity index (χ2v) is 6.15. The Bertz CT molecular complexity index is 485. The van der Waals surface area contributed by atoms with Crippen LogP contribution in [0.3, 0.4) is 0 Å². The van der Waals surface area contributed by atoms with Crippen LogP contribution < -0.4 is 15.4 Å². The van der Waals surface area contributed by atoms with Crippen molar-refractivity contribution in [1.29, 1.82) is 0 Å². The summed E-state index contributed by atoms with van der Waals surface area (Å²) in [6.45, 7) is 5.92. The molecule has 0 saturated carbocycles. The molecule has 2 N–H and O–H groups in total. The van der Waals surface area contributed by atoms with Gasteiger partial charge in [0.2, 0.25) is 0 Å². The highest BCUT2D eigenvalue weighted by molar-refractivity contribution is 5.70. The Hall–Kier alpha value is -1.49. The van der Waals surface area contributed by atoms with Crippen LogP contribution in [-0.2, 0) is 0 Å². The molecular weight excluding hydrogens is 269 g/mol. The van der Waals surface area contributed by atoms with E-state index >= 15 is 0 Å². The van der Waals surface area contributed by atoms with Crippen molar-refractivity contribution >= 4 is 11.4 Å². The quantitative estimate of drug-likeness (QED) is 0.867. The Labute approximate surface area is 126 Å². The zero-order valence-corrected chi connectivity index (χ0v) is 13.4. The average molecular weight is 295 g/mol. The van der Waals surface area contributed by atoms with E-state index in [0.29, 0.717) is 11.7 Å². The van der Waals surface area contributed by atoms with Gasteiger partial charge in [0.15, 0.2) is 11.6 Å². The second kappa shape index (κ2) is 6.52. The molecule has 0 unspecified atom stereocenters. The van der Waals surface area contributed by atoms with E-state index in [4.69, 9.17) is 10.5 Å². The lowest BCUT2D eigenvalue weighted by Crippen LogP contribution is -2.42. The Morgan fingerprint density at radius 3 is 2.52 bits per heavy atom. The van der Waals surface area contributed by atoms with Crippen molar-refractivity contribution in [2.45, 2.75) is 38.8 Å². The predicted molar refractivity (Wildman–Crippen MR) is 85.5 cm³/mol. The van der Waals surface area contributed by atoms with E-state index in [9.17, 15) is 4.39 Å². The van der Waals surface area contributed by atoms with Gasteiger partial charge in [0.05, 0.1) is 17.5 Å². The van der Waals surface area contributed by atoms with Gasteiger partial charge in [0.25, 0.3) is 0 Å². The number of benzene rings is 1. The van der Waals surface area contributed by atoms with Crippen LogP contribution in [0, 0.1) is 5.82 Å². The standard InChI is InChI=1S/C16H26FN3O/c1-11(2)21-16-10-15(14(18)9-13(16)17)20(4)12-5-7-19(3)8-6-12/h9-12H,5-8,18H2,1-4H3. The number of nitrogens with zero attached hydrogens (tertiary/aromatic N) is 2. The van der Waals surface area contributed by atoms with Crippen molar-refractivity contribution in [3.63, 3.8) is 0 Å². The topological polar surface area (TPSA) is 41.7 Å². The van der Waals surface area contributed by atoms with Crippen molar-refractivity contribution < 1.29 is 9.13 Å². The number of nitrogens with two attached hydrogens (primary N) is 1. The van der Waals surface area contributed by atoms with Gasteiger partial charge in [-0.2, -0.15) is 0 Å². The summed E-state index contributed by atoms with van der Waals surface area (Å²) in [6.07, 6.45) is 2.11. The molecule has 0 atom stereocenters. The van der Waals surface area contributed by atoms with Crippen molar-refractivity contribution in [1.82, 2.24) is 4.90 Å². The molecule has 5 heteroatoms. The van der Waals surface area contributed by atoms with Crippen LogP contribution in [0.5, 0.6) is 5.75 Å². The number of ether oxygens (including phenoxy) is 1. The third kappa shape index (κ3) is 3.79. The lowest BCUT2D eigenvalue weighted by atomic mass is 10.0. The molecule has 0 radical (unpaired) electrons. The van der Waals surface area contributed by atoms with Crippen LogP contribution in [0.2, 0.25) is 0 Å². The minimum absolute atomic E-state index is 0.0652. The molecule has 1 aromatic rings. The molecule has 1 aromatic carbocycles. The Kier molecular flexibility index (Phi) is 4.93. The first-order valence-corrected chi connectivity index (χ1v) is 7.55. The lowest BCUT2D eigenvalue weighted by Gasteiger charge is -2.37. The van der Waals surface area contributed by atoms with E-state index in [1.54, 1.807) is 6.07 Å². The zero-order valence-electron chi connectivity index (χ0n) is 13.4. The molecule has 0 aliphatic carbocycles. The maximum Gasteiger partial charge on any atom is 0.167 e. The molecular formula is C16H26FN3O. The van der Waals surface area contributed by atoms with Crippen molar-refractivity contribution in [3.8, 4) is 5.75 Å². The molecule has 1 heterocycles. The minimum Gasteiger partial charge on any atom is -0.488 e. The van der Waals surface area contributed by atoms with E-state index in [1.165, 1.54) is 6.07 Å². The summed E-state index contributed by atoms with van der Waals surface area (Å²) in [4.78, 5) is 4.49. The van der Waals surface area contributed by atoms with Gasteiger partial charge in [-0.15, -0.1) is 0 Å². The van der Waals surface area contributed by atoms with Crippen LogP contribution in [-0.4, -0.2) is 44.2 Å². The molecule has 1 saturated heterocycles. The first kappa shape index (κ1) is 15.9. The fourth-order valence-electron chi connectivity index (χ4n) is 2.79. The molecule has 118 valence electrons. The molecule has 0 spiro atoms. The number of piperidine rings is 1. The Morgan fingerprint density at radius 2 is 1.95 bits per heavy atom. The summed E-state index contributed by atoms with van der Waals surface area (Å²) in [7, 11) is 4.16. The van der Waals surface area contributed by atoms with Gasteiger partial charge in [0, 0.05) is 25.2 Å². The summed E-state index contributed by atoms with van der Waals surface area (Å²) in [6, 6.07) is 3.52. The van der Waals surface area contributed by atoms with Crippen LogP contribution in [0.15, 0.2) is 12.1 Å². The molecule has 2 rings (SSSR count). The van der Waals surface area contributed by atoms with E-state index in [0.717, 1.165) is 31.6 Å². The third-order valence-corrected chi connectivity index (χ3v) is 4.06. The van der Waals surface area contributed by atoms with Gasteiger partial charge in [-0.05, 0) is 46.8 Å². The van der Waals surface area contributed by atoms with Crippen molar-refractivity contribution in [2.24, 2.45) is 0 Å². The number of anilines is 2. The smallest absolute Gasteiger partial charge is 0.167 e. The normalized spacial score (nSPS) is 17.2. The molecule has 21 heavy (non-hydrogen) atoms. The highest BCUT2D eigenvalue weighted by atomic mass is 19.1. The monoisotopic (exact) mass is 295 g/mol. The molecule has 0 bridgehead atoms. The molecule has 0 aromatic heterocycles. The summed E-state index contributed by atoms with van der Waals surface area (Å²) in [5, 5.41) is 0. The zero-order chi connectivity index (χ0) is 15.6. The van der Waals surface area contributed by atoms with Crippen LogP contribution in [0.4, 0.5) is 15.8 Å². The number of rotatable bonds is 4. The SMILES string of the molecule is CC(C)Oc1cc(N(C)C2CCN(C)CC2)c(N)cc1F. The average Bonchev–Trinajstić information content (AvgIpc) is 2.41. The van der Waals surface area contributed by atoms with Gasteiger partial charge in [0.1, 0.15) is 0 Å². The number of nitrogen functional groups attached to an aromatic ring is 1. The maximum absolute atomic E-state index is 13.9. The van der Waals surface area contributed by atoms with Gasteiger partial charge in [-0.1, -0.05) is 0 Å². The van der Waals surface area contributed by atoms with Crippen LogP contribution in [0.25, 0.3) is 0 Å². The van der Waals surface area contributed by atoms with Gasteiger partial charge in [-0.25, -0.2) is 4.39 Å². The summed E-state index contributed by atoms with van der Waals surface area (Å²) >= 11 is 0. The fourth-order valence-corrected chi connectivity index (χ4v) is 2.79. The van der Waals surface area contributed by atoms with E-state index in [-0.39, 0.29) is 11.9 Å². The molecule has 1 fully saturated rings. The van der Waals surface area contributed by atoms with E-state index < -0.39 is 5.82 Å². The first-order chi connectivity index (χ1) is 9.88. The number of halogens is 1. The Balaban J connectivity index is 2.21. The molecule has 1 aliphatic rings. The fraction of sp³-hybridized carbons (Fsp3) is 0.625. The van der Waals surface area contributed by atoms with E-state index in [1.807, 2.05) is 20.9 Å². The Morgan fingerprint density at radius 1 is 1.33 bits per heavy atom. The highest BCUT2D eigenvalue weighted by Gasteiger charge is 2.23. The second-order valence-electron chi connectivity index (χ2n) is 6.15. The molecule has 4 nitrogen and oxygen atoms in total. The van der Waals surface area contributed by atoms with Gasteiger partial charge in [-0.3, -0.25) is 0 Å². The minimum atomic E-state index is -0.401. The van der Waals surface area contributed by atoms with E-state index in [2.05, 4.69) is 16.8 Å².